The fraction of sp³-hybridized carbons (Fsp3) is 0.803. The minimum atomic E-state index is -1.50. The lowest BCUT2D eigenvalue weighted by atomic mass is 9.97. The standard InChI is InChI=1S/C66H110N18O30/c1-37(89)67-50-58(97)54(93)46(33-85)111-63(50)107-21-17-103-13-9-81-29-41(71-75-81)25-79(26-42-30-82(76-72-42)10-14-104-18-22-108-64-51(68-38(2)90)59(98)55(94)47(34-86)112-64)8-6-5-7-45(62(101)102)80(27-43-31-83(77-73-43)11-15-105-19-23-109-65-52(69-39(3)91)60(99)56(95)48(35-87)113-65)28-44-32-84(78-74-44)12-16-106-20-24-110-66-53(70-40(4)92)61(100)57(96)49(36-88)114-66/h29-32,45-61,63-66,85-88,93-100H,5-28,33-36H2,1-4H3,(H,67,89)(H,68,90)(H,69,91)(H,70,92)(H,101,102)/t45-,46?,47?,48?,49?,50?,51?,52?,53?,54?,55?,56?,57?,58?,59?,60?,61?,63?,64?,65?,66?/m1/s1. The summed E-state index contributed by atoms with van der Waals surface area (Å²) in [5.74, 6) is -3.18. The molecule has 0 radical (unpaired) electrons. The number of carbonyl (C=O) groups is 5. The van der Waals surface area contributed by atoms with E-state index in [1.54, 1.807) is 39.1 Å². The zero-order valence-corrected chi connectivity index (χ0v) is 63.7. The Morgan fingerprint density at radius 3 is 0.904 bits per heavy atom. The van der Waals surface area contributed by atoms with Gasteiger partial charge >= 0.3 is 5.97 Å². The summed E-state index contributed by atoms with van der Waals surface area (Å²) < 4.78 is 74.8. The van der Waals surface area contributed by atoms with Crippen LogP contribution in [0.15, 0.2) is 24.8 Å². The number of carboxylic acids is 1. The highest BCUT2D eigenvalue weighted by atomic mass is 16.7. The predicted molar refractivity (Wildman–Crippen MR) is 377 cm³/mol. The van der Waals surface area contributed by atoms with Gasteiger partial charge in [-0.1, -0.05) is 27.3 Å². The van der Waals surface area contributed by atoms with Crippen LogP contribution >= 0.6 is 0 Å². The van der Waals surface area contributed by atoms with Gasteiger partial charge in [-0.3, -0.25) is 33.8 Å². The van der Waals surface area contributed by atoms with Gasteiger partial charge < -0.3 is 144 Å². The second-order valence-corrected chi connectivity index (χ2v) is 27.5. The van der Waals surface area contributed by atoms with Crippen LogP contribution < -0.4 is 21.3 Å². The maximum Gasteiger partial charge on any atom is 0.320 e. The predicted octanol–water partition coefficient (Wildman–Crippen LogP) is -10.7. The largest absolute Gasteiger partial charge is 0.480 e. The molecule has 0 bridgehead atoms. The second kappa shape index (κ2) is 47.3. The highest BCUT2D eigenvalue weighted by molar-refractivity contribution is 5.75. The van der Waals surface area contributed by atoms with Crippen molar-refractivity contribution in [2.24, 2.45) is 0 Å². The van der Waals surface area contributed by atoms with E-state index in [4.69, 9.17) is 56.8 Å². The quantitative estimate of drug-likeness (QED) is 0.0183. The number of nitrogens with zero attached hydrogens (tertiary/aromatic N) is 14. The molecule has 48 heteroatoms. The number of hydrogen-bond acceptors (Lipinski definition) is 39. The summed E-state index contributed by atoms with van der Waals surface area (Å²) >= 11 is 0. The number of aliphatic carboxylic acids is 1. The van der Waals surface area contributed by atoms with Gasteiger partial charge in [-0.25, -0.2) is 18.7 Å². The van der Waals surface area contributed by atoms with Crippen molar-refractivity contribution in [3.8, 4) is 0 Å². The van der Waals surface area contributed by atoms with E-state index >= 15 is 0 Å². The van der Waals surface area contributed by atoms with E-state index in [1.807, 2.05) is 4.90 Å². The molecule has 0 aliphatic carbocycles. The Labute approximate surface area is 653 Å². The molecule has 0 saturated carbocycles. The molecule has 4 fully saturated rings. The maximum absolute atomic E-state index is 13.6. The Balaban J connectivity index is 0.895. The molecule has 20 unspecified atom stereocenters. The zero-order chi connectivity index (χ0) is 82.4. The van der Waals surface area contributed by atoms with Crippen molar-refractivity contribution in [1.82, 2.24) is 91.0 Å². The number of unbranched alkanes of at least 4 members (excludes halogenated alkanes) is 1. The molecule has 21 atom stereocenters. The molecule has 8 heterocycles. The molecule has 8 rings (SSSR count). The molecular formula is C66H110N18O30. The highest BCUT2D eigenvalue weighted by Gasteiger charge is 2.49. The van der Waals surface area contributed by atoms with Crippen molar-refractivity contribution in [2.45, 2.75) is 228 Å². The average Bonchev–Trinajstić information content (AvgIpc) is 1.16. The average molecular weight is 1640 g/mol. The van der Waals surface area contributed by atoms with E-state index in [9.17, 15) is 90.4 Å². The summed E-state index contributed by atoms with van der Waals surface area (Å²) in [5, 5.41) is 179. The van der Waals surface area contributed by atoms with Crippen LogP contribution in [0.2, 0.25) is 0 Å². The highest BCUT2D eigenvalue weighted by Crippen LogP contribution is 2.27. The van der Waals surface area contributed by atoms with Gasteiger partial charge in [0, 0.05) is 78.7 Å². The van der Waals surface area contributed by atoms with Crippen LogP contribution in [-0.2, 0) is 133 Å². The molecule has 4 aliphatic heterocycles. The minimum absolute atomic E-state index is 0.0134. The molecule has 48 nitrogen and oxygen atoms in total. The normalized spacial score (nSPS) is 28.2. The lowest BCUT2D eigenvalue weighted by molar-refractivity contribution is -0.272. The topological polar surface area (TPSA) is 637 Å². The van der Waals surface area contributed by atoms with Gasteiger partial charge in [0.05, 0.1) is 155 Å². The number of carboxylic acid groups (broad SMARTS) is 1. The molecule has 644 valence electrons. The molecular weight excluding hydrogens is 1520 g/mol. The van der Waals surface area contributed by atoms with Crippen molar-refractivity contribution < 1.29 is 147 Å². The van der Waals surface area contributed by atoms with Gasteiger partial charge in [0.1, 0.15) is 103 Å². The van der Waals surface area contributed by atoms with Gasteiger partial charge in [0.25, 0.3) is 0 Å². The molecule has 4 saturated heterocycles. The summed E-state index contributed by atoms with van der Waals surface area (Å²) in [6, 6.07) is -5.67. The van der Waals surface area contributed by atoms with Gasteiger partial charge in [0.15, 0.2) is 25.2 Å². The number of aliphatic hydroxyl groups excluding tert-OH is 12. The van der Waals surface area contributed by atoms with E-state index in [0.717, 1.165) is 0 Å². The Kier molecular flexibility index (Phi) is 38.3. The van der Waals surface area contributed by atoms with E-state index < -0.39 is 185 Å². The maximum atomic E-state index is 13.6. The van der Waals surface area contributed by atoms with Crippen molar-refractivity contribution in [3.05, 3.63) is 47.6 Å². The summed E-state index contributed by atoms with van der Waals surface area (Å²) in [6.07, 6.45) is -13.7. The van der Waals surface area contributed by atoms with Crippen LogP contribution in [0.1, 0.15) is 69.7 Å². The summed E-state index contributed by atoms with van der Waals surface area (Å²) in [5.41, 5.74) is 1.91. The van der Waals surface area contributed by atoms with Crippen LogP contribution in [0.3, 0.4) is 0 Å². The summed E-state index contributed by atoms with van der Waals surface area (Å²) in [4.78, 5) is 64.8. The van der Waals surface area contributed by atoms with Crippen molar-refractivity contribution >= 4 is 29.6 Å². The van der Waals surface area contributed by atoms with E-state index in [1.165, 1.54) is 37.1 Å². The molecule has 0 aromatic carbocycles. The number of carbonyl (C=O) groups excluding carboxylic acids is 4. The van der Waals surface area contributed by atoms with Crippen LogP contribution in [0.25, 0.3) is 0 Å². The Morgan fingerprint density at radius 1 is 0.395 bits per heavy atom. The number of ether oxygens (including phenoxy) is 12. The van der Waals surface area contributed by atoms with E-state index in [2.05, 4.69) is 62.5 Å². The van der Waals surface area contributed by atoms with Gasteiger partial charge in [-0.2, -0.15) is 0 Å². The fourth-order valence-electron chi connectivity index (χ4n) is 13.0. The Hall–Kier alpha value is -7.13. The number of aliphatic hydroxyl groups is 12. The number of hydrogen-bond donors (Lipinski definition) is 17. The first-order valence-electron chi connectivity index (χ1n) is 37.4. The minimum Gasteiger partial charge on any atom is -0.480 e. The number of nitrogens with one attached hydrogen (secondary N) is 4. The number of rotatable bonds is 51. The van der Waals surface area contributed by atoms with Gasteiger partial charge in [0.2, 0.25) is 23.6 Å². The van der Waals surface area contributed by atoms with Crippen LogP contribution in [-0.4, -0.2) is 407 Å². The third-order valence-electron chi connectivity index (χ3n) is 18.7. The molecule has 4 aromatic rings. The van der Waals surface area contributed by atoms with Gasteiger partial charge in [-0.05, 0) is 19.4 Å². The molecule has 114 heavy (non-hydrogen) atoms. The zero-order valence-electron chi connectivity index (χ0n) is 63.7. The first-order valence-corrected chi connectivity index (χ1v) is 37.4. The number of aromatic nitrogens is 12. The molecule has 17 N–H and O–H groups in total. The first-order chi connectivity index (χ1) is 54.8. The first kappa shape index (κ1) is 92.4. The van der Waals surface area contributed by atoms with Crippen molar-refractivity contribution in [2.75, 3.05) is 112 Å². The van der Waals surface area contributed by atoms with Crippen LogP contribution in [0, 0.1) is 0 Å². The Bertz CT molecular complexity index is 3290. The smallest absolute Gasteiger partial charge is 0.320 e. The molecule has 4 aliphatic rings. The molecule has 4 aromatic heterocycles. The van der Waals surface area contributed by atoms with Crippen LogP contribution in [0.4, 0.5) is 0 Å². The lowest BCUT2D eigenvalue weighted by Gasteiger charge is -2.42. The third kappa shape index (κ3) is 28.3. The van der Waals surface area contributed by atoms with Crippen molar-refractivity contribution in [1.29, 1.82) is 0 Å². The lowest BCUT2D eigenvalue weighted by Crippen LogP contribution is -2.64. The van der Waals surface area contributed by atoms with Crippen molar-refractivity contribution in [3.63, 3.8) is 0 Å². The molecule has 4 amide bonds. The number of amides is 4. The van der Waals surface area contributed by atoms with Gasteiger partial charge in [-0.15, -0.1) is 20.4 Å². The van der Waals surface area contributed by atoms with E-state index in [0.29, 0.717) is 42.2 Å². The SMILES string of the molecule is CC(=O)NC1C(OCCOCCn2cc(CN(CCCC[C@H](C(=O)O)N(Cc3cn(CCOCCOC4OC(CO)C(O)C(O)C4NC(C)=O)nn3)Cc3cn(CCOCCOC4OC(CO)C(O)C(O)C4NC(C)=O)nn3)Cc3cn(CCOCCOC4OC(CO)C(O)C(O)C4NC(C)=O)nn3)nn2)OC(CO)C(O)C1O. The fourth-order valence-corrected chi connectivity index (χ4v) is 13.0. The summed E-state index contributed by atoms with van der Waals surface area (Å²) in [6.45, 7) is 4.52. The second-order valence-electron chi connectivity index (χ2n) is 27.5. The monoisotopic (exact) mass is 1630 g/mol. The molecule has 0 spiro atoms. The third-order valence-corrected chi connectivity index (χ3v) is 18.7. The Morgan fingerprint density at radius 2 is 0.658 bits per heavy atom. The summed E-state index contributed by atoms with van der Waals surface area (Å²) in [7, 11) is 0. The van der Waals surface area contributed by atoms with Crippen LogP contribution in [0.5, 0.6) is 0 Å². The van der Waals surface area contributed by atoms with E-state index in [-0.39, 0.29) is 138 Å².